The first kappa shape index (κ1) is 12.5. The number of oxime groups is 1. The molecule has 1 fully saturated rings. The summed E-state index contributed by atoms with van der Waals surface area (Å²) in [5, 5.41) is 5.63. The van der Waals surface area contributed by atoms with Crippen molar-refractivity contribution in [2.24, 2.45) is 5.16 Å². The molecule has 96 valence electrons. The third kappa shape index (κ3) is 2.48. The molecule has 7 nitrogen and oxygen atoms in total. The van der Waals surface area contributed by atoms with E-state index in [1.165, 1.54) is 11.3 Å². The lowest BCUT2D eigenvalue weighted by molar-refractivity contribution is -0.136. The summed E-state index contributed by atoms with van der Waals surface area (Å²) in [6, 6.07) is 0. The molecule has 0 spiro atoms. The number of nitrogens with zero attached hydrogens (tertiary/aromatic N) is 3. The highest BCUT2D eigenvalue weighted by Gasteiger charge is 2.31. The van der Waals surface area contributed by atoms with Crippen molar-refractivity contribution in [3.63, 3.8) is 0 Å². The second kappa shape index (κ2) is 5.13. The number of aldehydes is 1. The Morgan fingerprint density at radius 1 is 1.78 bits per heavy atom. The molecule has 2 N–H and O–H groups in total. The zero-order valence-corrected chi connectivity index (χ0v) is 10.5. The predicted octanol–water partition coefficient (Wildman–Crippen LogP) is -0.124. The van der Waals surface area contributed by atoms with Gasteiger partial charge in [-0.1, -0.05) is 5.16 Å². The molecule has 2 rings (SSSR count). The Balaban J connectivity index is 2.07. The number of nitrogens with two attached hydrogens (primary N) is 1. The standard InChI is InChI=1S/C10H12N4O3S/c1-14-3-2-8(9(14)16)17-13-6(4-15)7-5-18-10(11)12-7/h4-5,8H,2-3H2,1H3,(H2,11,12). The maximum absolute atomic E-state index is 11.6. The molecule has 1 amide bonds. The van der Waals surface area contributed by atoms with Gasteiger partial charge in [0.2, 0.25) is 6.10 Å². The molecular formula is C10H12N4O3S. The van der Waals surface area contributed by atoms with Crippen LogP contribution in [-0.2, 0) is 14.4 Å². The normalized spacial score (nSPS) is 20.3. The summed E-state index contributed by atoms with van der Waals surface area (Å²) in [7, 11) is 1.69. The van der Waals surface area contributed by atoms with E-state index in [4.69, 9.17) is 10.6 Å². The molecule has 18 heavy (non-hydrogen) atoms. The number of aromatic nitrogens is 1. The van der Waals surface area contributed by atoms with Gasteiger partial charge >= 0.3 is 0 Å². The van der Waals surface area contributed by atoms with Crippen molar-refractivity contribution in [3.05, 3.63) is 11.1 Å². The monoisotopic (exact) mass is 268 g/mol. The lowest BCUT2D eigenvalue weighted by Gasteiger charge is -2.08. The topological polar surface area (TPSA) is 97.9 Å². The van der Waals surface area contributed by atoms with Crippen LogP contribution in [0.25, 0.3) is 0 Å². The summed E-state index contributed by atoms with van der Waals surface area (Å²) >= 11 is 1.20. The molecule has 0 radical (unpaired) electrons. The number of carbonyl (C=O) groups excluding carboxylic acids is 2. The van der Waals surface area contributed by atoms with E-state index in [1.807, 2.05) is 0 Å². The summed E-state index contributed by atoms with van der Waals surface area (Å²) in [5.41, 5.74) is 5.85. The van der Waals surface area contributed by atoms with Crippen LogP contribution in [0.2, 0.25) is 0 Å². The number of anilines is 1. The first-order chi connectivity index (χ1) is 8.61. The van der Waals surface area contributed by atoms with Gasteiger partial charge in [-0.25, -0.2) is 4.98 Å². The van der Waals surface area contributed by atoms with E-state index in [-0.39, 0.29) is 11.6 Å². The molecule has 1 unspecified atom stereocenters. The smallest absolute Gasteiger partial charge is 0.266 e. The molecule has 1 aromatic rings. The third-order valence-electron chi connectivity index (χ3n) is 2.55. The fourth-order valence-corrected chi connectivity index (χ4v) is 2.10. The van der Waals surface area contributed by atoms with E-state index in [0.29, 0.717) is 30.1 Å². The molecule has 1 aromatic heterocycles. The molecule has 1 aliphatic rings. The average molecular weight is 268 g/mol. The highest BCUT2D eigenvalue weighted by atomic mass is 32.1. The Bertz CT molecular complexity index is 499. The summed E-state index contributed by atoms with van der Waals surface area (Å²) in [6.07, 6.45) is 0.461. The summed E-state index contributed by atoms with van der Waals surface area (Å²) in [4.78, 5) is 33.0. The molecular weight excluding hydrogens is 256 g/mol. The number of hydrogen-bond donors (Lipinski definition) is 1. The minimum absolute atomic E-state index is 0.0327. The van der Waals surface area contributed by atoms with Gasteiger partial charge in [0.15, 0.2) is 17.1 Å². The molecule has 0 aliphatic carbocycles. The van der Waals surface area contributed by atoms with E-state index in [9.17, 15) is 9.59 Å². The number of nitrogen functional groups attached to an aromatic ring is 1. The largest absolute Gasteiger partial charge is 0.382 e. The van der Waals surface area contributed by atoms with Crippen molar-refractivity contribution in [3.8, 4) is 0 Å². The molecule has 0 bridgehead atoms. The quantitative estimate of drug-likeness (QED) is 0.466. The summed E-state index contributed by atoms with van der Waals surface area (Å²) in [6.45, 7) is 0.624. The predicted molar refractivity (Wildman–Crippen MR) is 66.3 cm³/mol. The van der Waals surface area contributed by atoms with Crippen molar-refractivity contribution in [1.82, 2.24) is 9.88 Å². The number of hydrogen-bond acceptors (Lipinski definition) is 7. The van der Waals surface area contributed by atoms with Crippen LogP contribution in [0.3, 0.4) is 0 Å². The highest BCUT2D eigenvalue weighted by Crippen LogP contribution is 2.15. The Morgan fingerprint density at radius 2 is 2.56 bits per heavy atom. The Kier molecular flexibility index (Phi) is 3.56. The van der Waals surface area contributed by atoms with Gasteiger partial charge in [0, 0.05) is 25.4 Å². The zero-order valence-electron chi connectivity index (χ0n) is 9.70. The highest BCUT2D eigenvalue weighted by molar-refractivity contribution is 7.13. The van der Waals surface area contributed by atoms with E-state index in [1.54, 1.807) is 17.3 Å². The van der Waals surface area contributed by atoms with Crippen LogP contribution in [0.5, 0.6) is 0 Å². The van der Waals surface area contributed by atoms with Gasteiger partial charge in [0.05, 0.1) is 0 Å². The zero-order chi connectivity index (χ0) is 13.1. The van der Waals surface area contributed by atoms with E-state index < -0.39 is 6.10 Å². The van der Waals surface area contributed by atoms with Crippen LogP contribution in [0.15, 0.2) is 10.5 Å². The second-order valence-corrected chi connectivity index (χ2v) is 4.70. The Labute approximate surface area is 107 Å². The molecule has 8 heteroatoms. The molecule has 0 saturated carbocycles. The van der Waals surface area contributed by atoms with Gasteiger partial charge in [-0.05, 0) is 0 Å². The van der Waals surface area contributed by atoms with Crippen LogP contribution >= 0.6 is 11.3 Å². The van der Waals surface area contributed by atoms with Crippen LogP contribution in [-0.4, -0.2) is 47.5 Å². The maximum Gasteiger partial charge on any atom is 0.266 e. The third-order valence-corrected chi connectivity index (χ3v) is 3.23. The molecule has 1 saturated heterocycles. The van der Waals surface area contributed by atoms with Crippen molar-refractivity contribution in [1.29, 1.82) is 0 Å². The van der Waals surface area contributed by atoms with E-state index in [0.717, 1.165) is 0 Å². The van der Waals surface area contributed by atoms with Gasteiger partial charge in [0.25, 0.3) is 5.91 Å². The van der Waals surface area contributed by atoms with E-state index in [2.05, 4.69) is 10.1 Å². The second-order valence-electron chi connectivity index (χ2n) is 3.81. The number of thiazole rings is 1. The molecule has 1 atom stereocenters. The Morgan fingerprint density at radius 3 is 3.06 bits per heavy atom. The number of carbonyl (C=O) groups is 2. The van der Waals surface area contributed by atoms with E-state index >= 15 is 0 Å². The fourth-order valence-electron chi connectivity index (χ4n) is 1.54. The van der Waals surface area contributed by atoms with Crippen molar-refractivity contribution < 1.29 is 14.4 Å². The number of rotatable bonds is 4. The minimum atomic E-state index is -0.624. The lowest BCUT2D eigenvalue weighted by atomic mass is 10.3. The van der Waals surface area contributed by atoms with Crippen LogP contribution in [0, 0.1) is 0 Å². The Hall–Kier alpha value is -1.96. The van der Waals surface area contributed by atoms with Crippen molar-refractivity contribution >= 4 is 34.4 Å². The lowest BCUT2D eigenvalue weighted by Crippen LogP contribution is -2.26. The molecule has 1 aliphatic heterocycles. The fraction of sp³-hybridized carbons (Fsp3) is 0.400. The average Bonchev–Trinajstić information content (AvgIpc) is 2.91. The van der Waals surface area contributed by atoms with Gasteiger partial charge in [-0.3, -0.25) is 9.59 Å². The summed E-state index contributed by atoms with van der Waals surface area (Å²) in [5.74, 6) is -0.137. The van der Waals surface area contributed by atoms with Crippen LogP contribution < -0.4 is 5.73 Å². The van der Waals surface area contributed by atoms with Crippen LogP contribution in [0.1, 0.15) is 12.1 Å². The van der Waals surface area contributed by atoms with Crippen molar-refractivity contribution in [2.75, 3.05) is 19.3 Å². The van der Waals surface area contributed by atoms with Gasteiger partial charge in [-0.2, -0.15) is 0 Å². The first-order valence-corrected chi connectivity index (χ1v) is 6.15. The van der Waals surface area contributed by atoms with Gasteiger partial charge in [0.1, 0.15) is 5.69 Å². The number of likely N-dealkylation sites (tertiary alicyclic amines) is 1. The molecule has 0 aromatic carbocycles. The summed E-state index contributed by atoms with van der Waals surface area (Å²) < 4.78 is 0. The SMILES string of the molecule is CN1CCC(ON=C(C=O)c2csc(N)n2)C1=O. The maximum atomic E-state index is 11.6. The number of amides is 1. The van der Waals surface area contributed by atoms with Crippen LogP contribution in [0.4, 0.5) is 5.13 Å². The molecule has 2 heterocycles. The van der Waals surface area contributed by atoms with Crippen molar-refractivity contribution in [2.45, 2.75) is 12.5 Å². The number of likely N-dealkylation sites (N-methyl/N-ethyl adjacent to an activating group) is 1. The van der Waals surface area contributed by atoms with Gasteiger partial charge in [-0.15, -0.1) is 11.3 Å². The first-order valence-electron chi connectivity index (χ1n) is 5.27. The van der Waals surface area contributed by atoms with Gasteiger partial charge < -0.3 is 15.5 Å². The minimum Gasteiger partial charge on any atom is -0.382 e.